The summed E-state index contributed by atoms with van der Waals surface area (Å²) in [6.07, 6.45) is 7.48. The van der Waals surface area contributed by atoms with E-state index in [0.29, 0.717) is 16.7 Å². The third-order valence-electron chi connectivity index (χ3n) is 5.22. The molecule has 136 valence electrons. The summed E-state index contributed by atoms with van der Waals surface area (Å²) >= 11 is 5.29. The van der Waals surface area contributed by atoms with Crippen LogP contribution in [0.1, 0.15) is 44.9 Å². The molecular formula is C19H26FN3OS. The topological polar surface area (TPSA) is 44.4 Å². The van der Waals surface area contributed by atoms with Gasteiger partial charge in [0.1, 0.15) is 5.82 Å². The summed E-state index contributed by atoms with van der Waals surface area (Å²) < 4.78 is 13.7. The van der Waals surface area contributed by atoms with E-state index in [2.05, 4.69) is 10.6 Å². The highest BCUT2D eigenvalue weighted by Crippen LogP contribution is 2.26. The van der Waals surface area contributed by atoms with Crippen molar-refractivity contribution in [3.63, 3.8) is 0 Å². The van der Waals surface area contributed by atoms with Crippen molar-refractivity contribution in [3.05, 3.63) is 30.1 Å². The summed E-state index contributed by atoms with van der Waals surface area (Å²) in [4.78, 5) is 14.6. The third-order valence-corrected chi connectivity index (χ3v) is 5.44. The first-order valence-corrected chi connectivity index (χ1v) is 9.65. The van der Waals surface area contributed by atoms with E-state index in [9.17, 15) is 9.18 Å². The number of anilines is 1. The second kappa shape index (κ2) is 8.61. The van der Waals surface area contributed by atoms with Gasteiger partial charge in [0.15, 0.2) is 5.11 Å². The number of carbonyl (C=O) groups excluding carboxylic acids is 1. The lowest BCUT2D eigenvalue weighted by molar-refractivity contribution is -0.137. The van der Waals surface area contributed by atoms with Crippen LogP contribution in [0.3, 0.4) is 0 Å². The minimum Gasteiger partial charge on any atom is -0.360 e. The Morgan fingerprint density at radius 3 is 2.44 bits per heavy atom. The molecule has 1 aromatic carbocycles. The molecule has 0 bridgehead atoms. The Hall–Kier alpha value is -1.69. The first kappa shape index (κ1) is 18.1. The maximum absolute atomic E-state index is 13.7. The number of hydrogen-bond acceptors (Lipinski definition) is 2. The molecule has 2 N–H and O–H groups in total. The monoisotopic (exact) mass is 363 g/mol. The molecule has 0 radical (unpaired) electrons. The number of rotatable bonds is 3. The molecule has 0 aromatic heterocycles. The summed E-state index contributed by atoms with van der Waals surface area (Å²) in [7, 11) is 0. The number of thiocarbonyl (C=S) groups is 1. The van der Waals surface area contributed by atoms with Crippen molar-refractivity contribution in [3.8, 4) is 0 Å². The van der Waals surface area contributed by atoms with Gasteiger partial charge in [0.25, 0.3) is 0 Å². The average molecular weight is 364 g/mol. The maximum Gasteiger partial charge on any atom is 0.225 e. The predicted molar refractivity (Wildman–Crippen MR) is 102 cm³/mol. The molecular weight excluding hydrogens is 337 g/mol. The molecule has 1 aliphatic carbocycles. The van der Waals surface area contributed by atoms with Gasteiger partial charge in [0.05, 0.1) is 5.69 Å². The molecule has 1 saturated carbocycles. The van der Waals surface area contributed by atoms with Gasteiger partial charge in [-0.05, 0) is 50.0 Å². The van der Waals surface area contributed by atoms with E-state index in [0.717, 1.165) is 38.8 Å². The van der Waals surface area contributed by atoms with Gasteiger partial charge in [0.2, 0.25) is 5.91 Å². The molecule has 0 spiro atoms. The van der Waals surface area contributed by atoms with E-state index in [1.54, 1.807) is 18.2 Å². The van der Waals surface area contributed by atoms with Gasteiger partial charge in [-0.15, -0.1) is 0 Å². The molecule has 4 nitrogen and oxygen atoms in total. The lowest BCUT2D eigenvalue weighted by atomic mass is 9.87. The second-order valence-electron chi connectivity index (χ2n) is 7.01. The number of hydrogen-bond donors (Lipinski definition) is 2. The number of piperidine rings is 1. The molecule has 6 heteroatoms. The van der Waals surface area contributed by atoms with Crippen molar-refractivity contribution >= 4 is 28.9 Å². The van der Waals surface area contributed by atoms with Crippen LogP contribution in [-0.4, -0.2) is 35.1 Å². The van der Waals surface area contributed by atoms with Crippen LogP contribution in [0.5, 0.6) is 0 Å². The Morgan fingerprint density at radius 1 is 1.08 bits per heavy atom. The Bertz CT molecular complexity index is 610. The molecule has 0 atom stereocenters. The highest BCUT2D eigenvalue weighted by atomic mass is 32.1. The minimum atomic E-state index is -0.320. The van der Waals surface area contributed by atoms with Crippen LogP contribution in [0.2, 0.25) is 0 Å². The standard InChI is InChI=1S/C19H26FN3OS/c20-16-8-4-5-9-17(16)22-19(25)21-15-10-12-23(13-11-15)18(24)14-6-2-1-3-7-14/h4-5,8-9,14-15H,1-3,6-7,10-13H2,(H2,21,22,25). The van der Waals surface area contributed by atoms with Crippen LogP contribution < -0.4 is 10.6 Å². The van der Waals surface area contributed by atoms with Crippen molar-refractivity contribution in [1.29, 1.82) is 0 Å². The lowest BCUT2D eigenvalue weighted by Crippen LogP contribution is -2.49. The Balaban J connectivity index is 1.43. The molecule has 2 aliphatic rings. The summed E-state index contributed by atoms with van der Waals surface area (Å²) in [5, 5.41) is 6.59. The van der Waals surface area contributed by atoms with Gasteiger partial charge in [0, 0.05) is 25.0 Å². The summed E-state index contributed by atoms with van der Waals surface area (Å²) in [6.45, 7) is 1.55. The van der Waals surface area contributed by atoms with Gasteiger partial charge < -0.3 is 15.5 Å². The SMILES string of the molecule is O=C(C1CCCCC1)N1CCC(NC(=S)Nc2ccccc2F)CC1. The number of amides is 1. The highest BCUT2D eigenvalue weighted by Gasteiger charge is 2.29. The zero-order valence-corrected chi connectivity index (χ0v) is 15.3. The second-order valence-corrected chi connectivity index (χ2v) is 7.42. The lowest BCUT2D eigenvalue weighted by Gasteiger charge is -2.35. The number of nitrogens with zero attached hydrogens (tertiary/aromatic N) is 1. The van der Waals surface area contributed by atoms with Crippen LogP contribution in [0.4, 0.5) is 10.1 Å². The van der Waals surface area contributed by atoms with Gasteiger partial charge >= 0.3 is 0 Å². The molecule has 2 fully saturated rings. The van der Waals surface area contributed by atoms with Gasteiger partial charge in [-0.2, -0.15) is 0 Å². The van der Waals surface area contributed by atoms with Gasteiger partial charge in [-0.3, -0.25) is 4.79 Å². The number of benzene rings is 1. The van der Waals surface area contributed by atoms with E-state index in [1.807, 2.05) is 4.90 Å². The fourth-order valence-electron chi connectivity index (χ4n) is 3.76. The summed E-state index contributed by atoms with van der Waals surface area (Å²) in [6, 6.07) is 6.70. The fourth-order valence-corrected chi connectivity index (χ4v) is 4.03. The van der Waals surface area contributed by atoms with Crippen LogP contribution in [0.25, 0.3) is 0 Å². The molecule has 1 saturated heterocycles. The number of likely N-dealkylation sites (tertiary alicyclic amines) is 1. The Kier molecular flexibility index (Phi) is 6.24. The van der Waals surface area contributed by atoms with Crippen LogP contribution >= 0.6 is 12.2 Å². The van der Waals surface area contributed by atoms with E-state index in [-0.39, 0.29) is 17.8 Å². The van der Waals surface area contributed by atoms with Crippen molar-refractivity contribution in [2.75, 3.05) is 18.4 Å². The van der Waals surface area contributed by atoms with Crippen LogP contribution in [0, 0.1) is 11.7 Å². The summed E-state index contributed by atoms with van der Waals surface area (Å²) in [5.41, 5.74) is 0.380. The predicted octanol–water partition coefficient (Wildman–Crippen LogP) is 3.68. The van der Waals surface area contributed by atoms with E-state index in [1.165, 1.54) is 25.3 Å². The smallest absolute Gasteiger partial charge is 0.225 e. The number of nitrogens with one attached hydrogen (secondary N) is 2. The van der Waals surface area contributed by atoms with Gasteiger partial charge in [-0.25, -0.2) is 4.39 Å². The molecule has 1 amide bonds. The third kappa shape index (κ3) is 4.91. The molecule has 1 aliphatic heterocycles. The molecule has 1 aromatic rings. The quantitative estimate of drug-likeness (QED) is 0.804. The fraction of sp³-hybridized carbons (Fsp3) is 0.579. The van der Waals surface area contributed by atoms with E-state index >= 15 is 0 Å². The van der Waals surface area contributed by atoms with Crippen LogP contribution in [0.15, 0.2) is 24.3 Å². The largest absolute Gasteiger partial charge is 0.360 e. The van der Waals surface area contributed by atoms with Crippen LogP contribution in [-0.2, 0) is 4.79 Å². The van der Waals surface area contributed by atoms with Crippen molar-refractivity contribution in [2.24, 2.45) is 5.92 Å². The Morgan fingerprint density at radius 2 is 1.76 bits per heavy atom. The highest BCUT2D eigenvalue weighted by molar-refractivity contribution is 7.80. The zero-order valence-electron chi connectivity index (χ0n) is 14.5. The number of carbonyl (C=O) groups is 1. The number of para-hydroxylation sites is 1. The van der Waals surface area contributed by atoms with Crippen molar-refractivity contribution in [2.45, 2.75) is 51.0 Å². The minimum absolute atomic E-state index is 0.224. The van der Waals surface area contributed by atoms with Crippen molar-refractivity contribution < 1.29 is 9.18 Å². The normalized spacial score (nSPS) is 19.5. The number of halogens is 1. The van der Waals surface area contributed by atoms with E-state index < -0.39 is 0 Å². The molecule has 0 unspecified atom stereocenters. The summed E-state index contributed by atoms with van der Waals surface area (Å²) in [5.74, 6) is 0.256. The zero-order chi connectivity index (χ0) is 17.6. The van der Waals surface area contributed by atoms with Crippen molar-refractivity contribution in [1.82, 2.24) is 10.2 Å². The van der Waals surface area contributed by atoms with Gasteiger partial charge in [-0.1, -0.05) is 31.4 Å². The molecule has 3 rings (SSSR count). The first-order valence-electron chi connectivity index (χ1n) is 9.24. The molecule has 1 heterocycles. The van der Waals surface area contributed by atoms with E-state index in [4.69, 9.17) is 12.2 Å². The molecule has 25 heavy (non-hydrogen) atoms. The first-order chi connectivity index (χ1) is 12.1. The maximum atomic E-state index is 13.7. The average Bonchev–Trinajstić information content (AvgIpc) is 2.64. The Labute approximate surface area is 154 Å².